The van der Waals surface area contributed by atoms with Gasteiger partial charge in [-0.15, -0.1) is 0 Å². The van der Waals surface area contributed by atoms with E-state index in [0.717, 1.165) is 19.3 Å². The molecule has 1 fully saturated rings. The van der Waals surface area contributed by atoms with Gasteiger partial charge < -0.3 is 0 Å². The number of sulfonamides is 1. The standard InChI is InChI=1S/C9H19N3O3S/c1-8-4-2-3-6-12(8)16(14,15)7-5-9(13)11-10/h8H,2-7,10H2,1H3,(H,11,13). The third-order valence-corrected chi connectivity index (χ3v) is 4.82. The van der Waals surface area contributed by atoms with E-state index < -0.39 is 15.9 Å². The first-order valence-corrected chi connectivity index (χ1v) is 7.07. The normalized spacial score (nSPS) is 23.0. The zero-order valence-electron chi connectivity index (χ0n) is 9.48. The van der Waals surface area contributed by atoms with Gasteiger partial charge in [-0.2, -0.15) is 4.31 Å². The summed E-state index contributed by atoms with van der Waals surface area (Å²) >= 11 is 0. The predicted octanol–water partition coefficient (Wildman–Crippen LogP) is -0.429. The van der Waals surface area contributed by atoms with Gasteiger partial charge in [-0.05, 0) is 19.8 Å². The first-order chi connectivity index (χ1) is 7.47. The highest BCUT2D eigenvalue weighted by Gasteiger charge is 2.29. The summed E-state index contributed by atoms with van der Waals surface area (Å²) in [7, 11) is -3.32. The summed E-state index contributed by atoms with van der Waals surface area (Å²) in [6, 6.07) is 0.0414. The van der Waals surface area contributed by atoms with Crippen molar-refractivity contribution in [1.82, 2.24) is 9.73 Å². The maximum atomic E-state index is 11.9. The Balaban J connectivity index is 2.58. The molecule has 3 N–H and O–H groups in total. The van der Waals surface area contributed by atoms with Gasteiger partial charge in [0.05, 0.1) is 5.75 Å². The molecule has 1 rings (SSSR count). The maximum absolute atomic E-state index is 11.9. The number of nitrogens with one attached hydrogen (secondary N) is 1. The summed E-state index contributed by atoms with van der Waals surface area (Å²) < 4.78 is 25.3. The molecule has 1 heterocycles. The topological polar surface area (TPSA) is 92.5 Å². The highest BCUT2D eigenvalue weighted by molar-refractivity contribution is 7.89. The summed E-state index contributed by atoms with van der Waals surface area (Å²) in [4.78, 5) is 10.9. The number of hydrazine groups is 1. The van der Waals surface area contributed by atoms with Crippen molar-refractivity contribution in [3.8, 4) is 0 Å². The monoisotopic (exact) mass is 249 g/mol. The number of rotatable bonds is 4. The van der Waals surface area contributed by atoms with Crippen LogP contribution >= 0.6 is 0 Å². The number of hydrogen-bond donors (Lipinski definition) is 2. The van der Waals surface area contributed by atoms with Crippen LogP contribution in [0, 0.1) is 0 Å². The summed E-state index contributed by atoms with van der Waals surface area (Å²) in [6.45, 7) is 2.47. The van der Waals surface area contributed by atoms with E-state index in [4.69, 9.17) is 5.84 Å². The highest BCUT2D eigenvalue weighted by Crippen LogP contribution is 2.20. The lowest BCUT2D eigenvalue weighted by Gasteiger charge is -2.32. The Labute approximate surface area is 96.2 Å². The summed E-state index contributed by atoms with van der Waals surface area (Å²) in [5.41, 5.74) is 1.93. The second-order valence-corrected chi connectivity index (χ2v) is 6.13. The van der Waals surface area contributed by atoms with Gasteiger partial charge in [0, 0.05) is 19.0 Å². The first-order valence-electron chi connectivity index (χ1n) is 5.46. The zero-order valence-corrected chi connectivity index (χ0v) is 10.3. The van der Waals surface area contributed by atoms with Crippen molar-refractivity contribution < 1.29 is 13.2 Å². The molecule has 1 amide bonds. The molecule has 0 saturated carbocycles. The SMILES string of the molecule is CC1CCCCN1S(=O)(=O)CCC(=O)NN. The molecule has 0 aromatic heterocycles. The van der Waals surface area contributed by atoms with Crippen LogP contribution in [0.3, 0.4) is 0 Å². The van der Waals surface area contributed by atoms with E-state index in [9.17, 15) is 13.2 Å². The first kappa shape index (κ1) is 13.4. The Morgan fingerprint density at radius 3 is 2.75 bits per heavy atom. The number of carbonyl (C=O) groups is 1. The van der Waals surface area contributed by atoms with Crippen LogP contribution in [0.4, 0.5) is 0 Å². The Hall–Kier alpha value is -0.660. The van der Waals surface area contributed by atoms with Gasteiger partial charge in [-0.3, -0.25) is 10.2 Å². The molecule has 6 nitrogen and oxygen atoms in total. The van der Waals surface area contributed by atoms with Crippen molar-refractivity contribution in [3.05, 3.63) is 0 Å². The van der Waals surface area contributed by atoms with Crippen molar-refractivity contribution in [3.63, 3.8) is 0 Å². The van der Waals surface area contributed by atoms with Crippen LogP contribution in [0.25, 0.3) is 0 Å². The lowest BCUT2D eigenvalue weighted by molar-refractivity contribution is -0.120. The molecular weight excluding hydrogens is 230 g/mol. The molecule has 1 saturated heterocycles. The van der Waals surface area contributed by atoms with Crippen LogP contribution < -0.4 is 11.3 Å². The van der Waals surface area contributed by atoms with Crippen LogP contribution in [-0.2, 0) is 14.8 Å². The minimum absolute atomic E-state index is 0.0414. The molecule has 7 heteroatoms. The number of carbonyl (C=O) groups excluding carboxylic acids is 1. The molecule has 1 aliphatic rings. The van der Waals surface area contributed by atoms with Gasteiger partial charge in [0.25, 0.3) is 0 Å². The van der Waals surface area contributed by atoms with E-state index in [1.165, 1.54) is 4.31 Å². The lowest BCUT2D eigenvalue weighted by Crippen LogP contribution is -2.44. The number of amides is 1. The van der Waals surface area contributed by atoms with E-state index in [2.05, 4.69) is 0 Å². The second kappa shape index (κ2) is 5.60. The third-order valence-electron chi connectivity index (χ3n) is 2.85. The molecule has 94 valence electrons. The van der Waals surface area contributed by atoms with E-state index in [1.807, 2.05) is 12.3 Å². The average molecular weight is 249 g/mol. The van der Waals surface area contributed by atoms with Crippen molar-refractivity contribution in [2.45, 2.75) is 38.6 Å². The minimum atomic E-state index is -3.32. The number of nitrogens with two attached hydrogens (primary N) is 1. The molecule has 1 unspecified atom stereocenters. The fraction of sp³-hybridized carbons (Fsp3) is 0.889. The summed E-state index contributed by atoms with van der Waals surface area (Å²) in [5, 5.41) is 0. The molecule has 0 bridgehead atoms. The van der Waals surface area contributed by atoms with Gasteiger partial charge in [-0.25, -0.2) is 14.3 Å². The Bertz CT molecular complexity index is 342. The highest BCUT2D eigenvalue weighted by atomic mass is 32.2. The average Bonchev–Trinajstić information content (AvgIpc) is 2.26. The molecule has 0 aromatic carbocycles. The van der Waals surface area contributed by atoms with Gasteiger partial charge in [0.2, 0.25) is 15.9 Å². The molecule has 0 radical (unpaired) electrons. The summed E-state index contributed by atoms with van der Waals surface area (Å²) in [6.07, 6.45) is 2.77. The minimum Gasteiger partial charge on any atom is -0.294 e. The predicted molar refractivity (Wildman–Crippen MR) is 60.8 cm³/mol. The molecule has 0 aliphatic carbocycles. The molecule has 1 aliphatic heterocycles. The van der Waals surface area contributed by atoms with Gasteiger partial charge in [0.1, 0.15) is 0 Å². The lowest BCUT2D eigenvalue weighted by atomic mass is 10.1. The van der Waals surface area contributed by atoms with E-state index in [-0.39, 0.29) is 18.2 Å². The van der Waals surface area contributed by atoms with Gasteiger partial charge in [0.15, 0.2) is 0 Å². The molecule has 16 heavy (non-hydrogen) atoms. The Morgan fingerprint density at radius 1 is 1.50 bits per heavy atom. The molecular formula is C9H19N3O3S. The van der Waals surface area contributed by atoms with E-state index >= 15 is 0 Å². The molecule has 0 spiro atoms. The van der Waals surface area contributed by atoms with Crippen LogP contribution in [-0.4, -0.2) is 37.0 Å². The van der Waals surface area contributed by atoms with Crippen molar-refractivity contribution in [2.75, 3.05) is 12.3 Å². The van der Waals surface area contributed by atoms with Crippen LogP contribution in [0.5, 0.6) is 0 Å². The number of hydrogen-bond acceptors (Lipinski definition) is 4. The van der Waals surface area contributed by atoms with Gasteiger partial charge in [-0.1, -0.05) is 6.42 Å². The maximum Gasteiger partial charge on any atom is 0.234 e. The molecule has 0 aromatic rings. The molecule has 1 atom stereocenters. The van der Waals surface area contributed by atoms with E-state index in [1.54, 1.807) is 0 Å². The fourth-order valence-corrected chi connectivity index (χ4v) is 3.63. The largest absolute Gasteiger partial charge is 0.294 e. The smallest absolute Gasteiger partial charge is 0.234 e. The van der Waals surface area contributed by atoms with Crippen LogP contribution in [0.1, 0.15) is 32.6 Å². The second-order valence-electron chi connectivity index (χ2n) is 4.09. The van der Waals surface area contributed by atoms with Gasteiger partial charge >= 0.3 is 0 Å². The summed E-state index contributed by atoms with van der Waals surface area (Å²) in [5.74, 6) is 4.28. The third kappa shape index (κ3) is 3.43. The Morgan fingerprint density at radius 2 is 2.19 bits per heavy atom. The van der Waals surface area contributed by atoms with Crippen molar-refractivity contribution in [2.24, 2.45) is 5.84 Å². The van der Waals surface area contributed by atoms with Crippen LogP contribution in [0.15, 0.2) is 0 Å². The fourth-order valence-electron chi connectivity index (χ4n) is 1.90. The number of nitrogens with zero attached hydrogens (tertiary/aromatic N) is 1. The van der Waals surface area contributed by atoms with Crippen LogP contribution in [0.2, 0.25) is 0 Å². The number of piperidine rings is 1. The quantitative estimate of drug-likeness (QED) is 0.402. The Kier molecular flexibility index (Phi) is 4.69. The van der Waals surface area contributed by atoms with Crippen molar-refractivity contribution in [1.29, 1.82) is 0 Å². The van der Waals surface area contributed by atoms with E-state index in [0.29, 0.717) is 6.54 Å². The zero-order chi connectivity index (χ0) is 12.2. The van der Waals surface area contributed by atoms with Crippen molar-refractivity contribution >= 4 is 15.9 Å².